The smallest absolute Gasteiger partial charge is 0.0332 e. The van der Waals surface area contributed by atoms with Crippen molar-refractivity contribution < 1.29 is 0 Å². The minimum atomic E-state index is 0.626. The van der Waals surface area contributed by atoms with Gasteiger partial charge in [0.05, 0.1) is 0 Å². The highest BCUT2D eigenvalue weighted by Gasteiger charge is 2.18. The predicted molar refractivity (Wildman–Crippen MR) is 59.3 cm³/mol. The maximum atomic E-state index is 3.41. The summed E-state index contributed by atoms with van der Waals surface area (Å²) >= 11 is 2.37. The fourth-order valence-corrected chi connectivity index (χ4v) is 1.79. The average molecular weight is 273 g/mol. The molecule has 1 aliphatic rings. The Balaban J connectivity index is 2.27. The molecule has 12 heavy (non-hydrogen) atoms. The van der Waals surface area contributed by atoms with Crippen LogP contribution < -0.4 is 5.32 Å². The largest absolute Gasteiger partial charge is 0.310 e. The van der Waals surface area contributed by atoms with E-state index in [2.05, 4.69) is 53.0 Å². The molecule has 1 atom stereocenters. The normalized spacial score (nSPS) is 22.0. The van der Waals surface area contributed by atoms with Crippen molar-refractivity contribution in [2.45, 2.75) is 19.4 Å². The van der Waals surface area contributed by atoms with E-state index in [1.807, 2.05) is 0 Å². The molecule has 1 aromatic carbocycles. The van der Waals surface area contributed by atoms with E-state index >= 15 is 0 Å². The van der Waals surface area contributed by atoms with Crippen LogP contribution >= 0.6 is 22.6 Å². The minimum Gasteiger partial charge on any atom is -0.310 e. The van der Waals surface area contributed by atoms with Crippen LogP contribution in [0.1, 0.15) is 23.6 Å². The van der Waals surface area contributed by atoms with E-state index in [4.69, 9.17) is 0 Å². The summed E-state index contributed by atoms with van der Waals surface area (Å²) < 4.78 is 1.36. The van der Waals surface area contributed by atoms with Crippen molar-refractivity contribution >= 4 is 22.6 Å². The lowest BCUT2D eigenvalue weighted by Gasteiger charge is -2.28. The van der Waals surface area contributed by atoms with Crippen LogP contribution in [0.25, 0.3) is 0 Å². The Morgan fingerprint density at radius 2 is 2.25 bits per heavy atom. The molecule has 1 heterocycles. The fourth-order valence-electron chi connectivity index (χ4n) is 1.46. The SMILES string of the molecule is Cc1cc([C@H]2CCN2)ccc1I. The third kappa shape index (κ3) is 1.50. The molecule has 1 N–H and O–H groups in total. The highest BCUT2D eigenvalue weighted by atomic mass is 127. The van der Waals surface area contributed by atoms with Crippen LogP contribution in [0.5, 0.6) is 0 Å². The van der Waals surface area contributed by atoms with E-state index in [1.54, 1.807) is 0 Å². The Labute approximate surface area is 86.7 Å². The second-order valence-corrected chi connectivity index (χ2v) is 4.47. The number of nitrogens with one attached hydrogen (secondary N) is 1. The second-order valence-electron chi connectivity index (χ2n) is 3.30. The highest BCUT2D eigenvalue weighted by molar-refractivity contribution is 14.1. The first-order chi connectivity index (χ1) is 5.77. The number of hydrogen-bond acceptors (Lipinski definition) is 1. The lowest BCUT2D eigenvalue weighted by Crippen LogP contribution is -2.34. The van der Waals surface area contributed by atoms with Crippen molar-refractivity contribution in [2.75, 3.05) is 6.54 Å². The molecule has 0 aromatic heterocycles. The van der Waals surface area contributed by atoms with Gasteiger partial charge in [0.1, 0.15) is 0 Å². The van der Waals surface area contributed by atoms with Gasteiger partial charge in [0.15, 0.2) is 0 Å². The van der Waals surface area contributed by atoms with E-state index < -0.39 is 0 Å². The van der Waals surface area contributed by atoms with E-state index in [0.29, 0.717) is 6.04 Å². The Morgan fingerprint density at radius 3 is 2.75 bits per heavy atom. The van der Waals surface area contributed by atoms with Gasteiger partial charge in [-0.3, -0.25) is 0 Å². The summed E-state index contributed by atoms with van der Waals surface area (Å²) in [6.45, 7) is 3.35. The summed E-state index contributed by atoms with van der Waals surface area (Å²) in [6.07, 6.45) is 1.29. The molecule has 0 saturated carbocycles. The maximum absolute atomic E-state index is 3.41. The molecule has 1 aliphatic heterocycles. The molecule has 1 fully saturated rings. The quantitative estimate of drug-likeness (QED) is 0.776. The van der Waals surface area contributed by atoms with Gasteiger partial charge in [0.25, 0.3) is 0 Å². The molecule has 0 aliphatic carbocycles. The molecule has 0 radical (unpaired) electrons. The van der Waals surface area contributed by atoms with Crippen molar-refractivity contribution in [1.82, 2.24) is 5.32 Å². The van der Waals surface area contributed by atoms with Crippen molar-refractivity contribution in [3.05, 3.63) is 32.9 Å². The Morgan fingerprint density at radius 1 is 1.50 bits per heavy atom. The van der Waals surface area contributed by atoms with E-state index in [-0.39, 0.29) is 0 Å². The first-order valence-corrected chi connectivity index (χ1v) is 5.34. The maximum Gasteiger partial charge on any atom is 0.0332 e. The topological polar surface area (TPSA) is 12.0 Å². The molecule has 2 rings (SSSR count). The Hall–Kier alpha value is -0.0900. The molecule has 64 valence electrons. The number of benzene rings is 1. The van der Waals surface area contributed by atoms with Crippen LogP contribution in [0.3, 0.4) is 0 Å². The van der Waals surface area contributed by atoms with Crippen molar-refractivity contribution in [1.29, 1.82) is 0 Å². The lowest BCUT2D eigenvalue weighted by molar-refractivity contribution is 0.383. The molecule has 0 spiro atoms. The van der Waals surface area contributed by atoms with Gasteiger partial charge in [-0.25, -0.2) is 0 Å². The third-order valence-electron chi connectivity index (χ3n) is 2.41. The van der Waals surface area contributed by atoms with Crippen LogP contribution in [-0.2, 0) is 0 Å². The van der Waals surface area contributed by atoms with Crippen LogP contribution in [0.4, 0.5) is 0 Å². The van der Waals surface area contributed by atoms with Gasteiger partial charge in [-0.1, -0.05) is 12.1 Å². The first kappa shape index (κ1) is 8.51. The molecular formula is C10H12IN. The monoisotopic (exact) mass is 273 g/mol. The molecule has 1 saturated heterocycles. The van der Waals surface area contributed by atoms with Crippen LogP contribution in [0.15, 0.2) is 18.2 Å². The number of halogens is 1. The van der Waals surface area contributed by atoms with E-state index in [0.717, 1.165) is 0 Å². The number of rotatable bonds is 1. The summed E-state index contributed by atoms with van der Waals surface area (Å²) in [5.41, 5.74) is 2.83. The molecule has 0 amide bonds. The third-order valence-corrected chi connectivity index (χ3v) is 3.62. The van der Waals surface area contributed by atoms with Crippen LogP contribution in [0, 0.1) is 10.5 Å². The van der Waals surface area contributed by atoms with Gasteiger partial charge < -0.3 is 5.32 Å². The Bertz CT molecular complexity index is 292. The zero-order valence-electron chi connectivity index (χ0n) is 7.10. The van der Waals surface area contributed by atoms with Crippen molar-refractivity contribution in [3.8, 4) is 0 Å². The van der Waals surface area contributed by atoms with Gasteiger partial charge >= 0.3 is 0 Å². The fraction of sp³-hybridized carbons (Fsp3) is 0.400. The van der Waals surface area contributed by atoms with E-state index in [9.17, 15) is 0 Å². The Kier molecular flexibility index (Phi) is 2.37. The van der Waals surface area contributed by atoms with E-state index in [1.165, 1.54) is 27.7 Å². The molecule has 0 bridgehead atoms. The zero-order chi connectivity index (χ0) is 8.55. The van der Waals surface area contributed by atoms with Crippen molar-refractivity contribution in [2.24, 2.45) is 0 Å². The van der Waals surface area contributed by atoms with Crippen LogP contribution in [-0.4, -0.2) is 6.54 Å². The number of hydrogen-bond donors (Lipinski definition) is 1. The summed E-state index contributed by atoms with van der Waals surface area (Å²) in [4.78, 5) is 0. The standard InChI is InChI=1S/C10H12IN/c1-7-6-8(2-3-9(7)11)10-4-5-12-10/h2-3,6,10,12H,4-5H2,1H3/t10-/m1/s1. The molecule has 2 heteroatoms. The highest BCUT2D eigenvalue weighted by Crippen LogP contribution is 2.24. The molecule has 0 unspecified atom stereocenters. The zero-order valence-corrected chi connectivity index (χ0v) is 9.26. The summed E-state index contributed by atoms with van der Waals surface area (Å²) in [7, 11) is 0. The second kappa shape index (κ2) is 3.34. The average Bonchev–Trinajstić information content (AvgIpc) is 1.93. The molecule has 1 nitrogen and oxygen atoms in total. The van der Waals surface area contributed by atoms with Gasteiger partial charge in [0.2, 0.25) is 0 Å². The first-order valence-electron chi connectivity index (χ1n) is 4.27. The summed E-state index contributed by atoms with van der Waals surface area (Å²) in [5, 5.41) is 3.41. The minimum absolute atomic E-state index is 0.626. The van der Waals surface area contributed by atoms with Crippen LogP contribution in [0.2, 0.25) is 0 Å². The van der Waals surface area contributed by atoms with Gasteiger partial charge in [-0.05, 0) is 59.7 Å². The van der Waals surface area contributed by atoms with Gasteiger partial charge in [-0.15, -0.1) is 0 Å². The predicted octanol–water partition coefficient (Wildman–Crippen LogP) is 2.63. The summed E-state index contributed by atoms with van der Waals surface area (Å²) in [5.74, 6) is 0. The molecule has 1 aromatic rings. The van der Waals surface area contributed by atoms with Gasteiger partial charge in [0, 0.05) is 9.61 Å². The number of aryl methyl sites for hydroxylation is 1. The molecular weight excluding hydrogens is 261 g/mol. The summed E-state index contributed by atoms with van der Waals surface area (Å²) in [6, 6.07) is 7.34. The van der Waals surface area contributed by atoms with Crippen molar-refractivity contribution in [3.63, 3.8) is 0 Å². The van der Waals surface area contributed by atoms with Gasteiger partial charge in [-0.2, -0.15) is 0 Å². The lowest BCUT2D eigenvalue weighted by atomic mass is 9.97.